The van der Waals surface area contributed by atoms with Gasteiger partial charge in [0.05, 0.1) is 6.61 Å². The lowest BCUT2D eigenvalue weighted by Gasteiger charge is -2.33. The Morgan fingerprint density at radius 3 is 2.38 bits per heavy atom. The Bertz CT molecular complexity index is 1060. The molecule has 1 saturated heterocycles. The maximum absolute atomic E-state index is 13.7. The van der Waals surface area contributed by atoms with Crippen molar-refractivity contribution in [2.75, 3.05) is 53.6 Å². The average Bonchev–Trinajstić information content (AvgIpc) is 3.39. The van der Waals surface area contributed by atoms with Gasteiger partial charge < -0.3 is 29.7 Å². The van der Waals surface area contributed by atoms with E-state index in [4.69, 9.17) is 9.47 Å². The van der Waals surface area contributed by atoms with Crippen LogP contribution in [-0.2, 0) is 16.0 Å². The van der Waals surface area contributed by atoms with Gasteiger partial charge in [-0.05, 0) is 55.4 Å². The molecule has 0 bridgehead atoms. The molecule has 8 heteroatoms. The molecule has 2 N–H and O–H groups in total. The molecule has 0 spiro atoms. The predicted molar refractivity (Wildman–Crippen MR) is 153 cm³/mol. The topological polar surface area (TPSA) is 91.3 Å². The van der Waals surface area contributed by atoms with Crippen molar-refractivity contribution in [2.45, 2.75) is 45.8 Å². The van der Waals surface area contributed by atoms with Gasteiger partial charge in [0, 0.05) is 65.0 Å². The number of methoxy groups -OCH3 is 1. The predicted octanol–water partition coefficient (Wildman–Crippen LogP) is 3.54. The summed E-state index contributed by atoms with van der Waals surface area (Å²) in [6, 6.07) is 14.7. The van der Waals surface area contributed by atoms with Gasteiger partial charge in [-0.1, -0.05) is 43.3 Å². The van der Waals surface area contributed by atoms with Gasteiger partial charge in [-0.2, -0.15) is 0 Å². The third kappa shape index (κ3) is 8.27. The van der Waals surface area contributed by atoms with E-state index < -0.39 is 6.10 Å². The summed E-state index contributed by atoms with van der Waals surface area (Å²) in [5.41, 5.74) is 2.28. The van der Waals surface area contributed by atoms with E-state index >= 15 is 0 Å². The molecule has 1 aliphatic rings. The molecule has 3 atom stereocenters. The number of aryl methyl sites for hydroxylation is 1. The molecule has 39 heavy (non-hydrogen) atoms. The standard InChI is InChI=1S/C31H45N3O5/c1-6-23-13-14-25(17-28(23)39-16-10-15-38-5)30(36)34(22(2)3)21-27-19-32-18-26(27)20-33(4)31(37)29(35)24-11-8-7-9-12-24/h7-9,11-14,17,22,26-27,29,32,35H,6,10,15-16,18-21H2,1-5H3/t26-,27-,29-/m0/s1. The SMILES string of the molecule is CCc1ccc(C(=O)N(C[C@@H]2CNC[C@H]2CN(C)C(=O)[C@@H](O)c2ccccc2)C(C)C)cc1OCCCOC. The number of hydrogen-bond acceptors (Lipinski definition) is 6. The lowest BCUT2D eigenvalue weighted by Crippen LogP contribution is -2.44. The van der Waals surface area contributed by atoms with Crippen LogP contribution in [-0.4, -0.2) is 86.3 Å². The van der Waals surface area contributed by atoms with Gasteiger partial charge in [0.2, 0.25) is 0 Å². The molecule has 1 fully saturated rings. The van der Waals surface area contributed by atoms with E-state index in [0.717, 1.165) is 37.2 Å². The van der Waals surface area contributed by atoms with E-state index in [1.54, 1.807) is 31.2 Å². The molecule has 214 valence electrons. The Hall–Kier alpha value is -2.94. The summed E-state index contributed by atoms with van der Waals surface area (Å²) in [6.45, 7) is 9.92. The largest absolute Gasteiger partial charge is 0.493 e. The molecule has 0 aliphatic carbocycles. The van der Waals surface area contributed by atoms with Crippen molar-refractivity contribution in [3.63, 3.8) is 0 Å². The number of ether oxygens (including phenoxy) is 2. The number of nitrogens with one attached hydrogen (secondary N) is 1. The van der Waals surface area contributed by atoms with Gasteiger partial charge in [-0.15, -0.1) is 0 Å². The first-order valence-corrected chi connectivity index (χ1v) is 14.0. The van der Waals surface area contributed by atoms with Gasteiger partial charge >= 0.3 is 0 Å². The van der Waals surface area contributed by atoms with E-state index in [-0.39, 0.29) is 29.7 Å². The van der Waals surface area contributed by atoms with E-state index in [2.05, 4.69) is 12.2 Å². The number of aliphatic hydroxyl groups is 1. The molecule has 0 aromatic heterocycles. The minimum Gasteiger partial charge on any atom is -0.493 e. The summed E-state index contributed by atoms with van der Waals surface area (Å²) in [4.78, 5) is 30.2. The Morgan fingerprint density at radius 2 is 1.74 bits per heavy atom. The van der Waals surface area contributed by atoms with Gasteiger partial charge in [-0.25, -0.2) is 0 Å². The highest BCUT2D eigenvalue weighted by Gasteiger charge is 2.34. The number of hydrogen-bond donors (Lipinski definition) is 2. The molecule has 3 rings (SSSR count). The van der Waals surface area contributed by atoms with Crippen LogP contribution < -0.4 is 10.1 Å². The molecule has 1 aliphatic heterocycles. The molecular formula is C31H45N3O5. The lowest BCUT2D eigenvalue weighted by molar-refractivity contribution is -0.139. The quantitative estimate of drug-likeness (QED) is 0.357. The van der Waals surface area contributed by atoms with Crippen LogP contribution in [0.1, 0.15) is 54.8 Å². The summed E-state index contributed by atoms with van der Waals surface area (Å²) >= 11 is 0. The zero-order valence-electron chi connectivity index (χ0n) is 24.1. The van der Waals surface area contributed by atoms with Crippen LogP contribution >= 0.6 is 0 Å². The number of carbonyl (C=O) groups is 2. The number of likely N-dealkylation sites (N-methyl/N-ethyl adjacent to an activating group) is 1. The smallest absolute Gasteiger partial charge is 0.255 e. The first-order chi connectivity index (χ1) is 18.8. The van der Waals surface area contributed by atoms with Crippen LogP contribution in [0.2, 0.25) is 0 Å². The van der Waals surface area contributed by atoms with Crippen molar-refractivity contribution in [1.29, 1.82) is 0 Å². The normalized spacial score (nSPS) is 17.7. The minimum absolute atomic E-state index is 0.00920. The summed E-state index contributed by atoms with van der Waals surface area (Å²) in [5, 5.41) is 14.0. The maximum atomic E-state index is 13.7. The van der Waals surface area contributed by atoms with Gasteiger partial charge in [0.1, 0.15) is 5.75 Å². The molecule has 2 aromatic carbocycles. The van der Waals surface area contributed by atoms with Crippen LogP contribution in [0.25, 0.3) is 0 Å². The zero-order chi connectivity index (χ0) is 28.4. The Kier molecular flexibility index (Phi) is 11.8. The monoisotopic (exact) mass is 539 g/mol. The van der Waals surface area contributed by atoms with Crippen LogP contribution in [0, 0.1) is 11.8 Å². The van der Waals surface area contributed by atoms with Crippen LogP contribution in [0.5, 0.6) is 5.75 Å². The van der Waals surface area contributed by atoms with E-state index in [1.165, 1.54) is 0 Å². The second kappa shape index (κ2) is 15.0. The highest BCUT2D eigenvalue weighted by Crippen LogP contribution is 2.26. The first kappa shape index (κ1) is 30.6. The molecule has 0 saturated carbocycles. The van der Waals surface area contributed by atoms with Crippen molar-refractivity contribution in [3.05, 3.63) is 65.2 Å². The second-order valence-electron chi connectivity index (χ2n) is 10.6. The molecule has 0 radical (unpaired) electrons. The van der Waals surface area contributed by atoms with Crippen molar-refractivity contribution in [3.8, 4) is 5.75 Å². The van der Waals surface area contributed by atoms with Gasteiger partial charge in [-0.3, -0.25) is 9.59 Å². The van der Waals surface area contributed by atoms with Crippen molar-refractivity contribution >= 4 is 11.8 Å². The molecule has 2 amide bonds. The number of aliphatic hydroxyl groups excluding tert-OH is 1. The van der Waals surface area contributed by atoms with E-state index in [0.29, 0.717) is 37.4 Å². The van der Waals surface area contributed by atoms with Crippen molar-refractivity contribution in [2.24, 2.45) is 11.8 Å². The summed E-state index contributed by atoms with van der Waals surface area (Å²) in [6.07, 6.45) is 0.420. The number of benzene rings is 2. The van der Waals surface area contributed by atoms with Crippen molar-refractivity contribution in [1.82, 2.24) is 15.1 Å². The van der Waals surface area contributed by atoms with Crippen LogP contribution in [0.3, 0.4) is 0 Å². The van der Waals surface area contributed by atoms with E-state index in [1.807, 2.05) is 55.1 Å². The molecular weight excluding hydrogens is 494 g/mol. The summed E-state index contributed by atoms with van der Waals surface area (Å²) in [7, 11) is 3.41. The molecule has 2 aromatic rings. The van der Waals surface area contributed by atoms with Crippen LogP contribution in [0.4, 0.5) is 0 Å². The summed E-state index contributed by atoms with van der Waals surface area (Å²) in [5.74, 6) is 0.751. The second-order valence-corrected chi connectivity index (χ2v) is 10.6. The average molecular weight is 540 g/mol. The summed E-state index contributed by atoms with van der Waals surface area (Å²) < 4.78 is 11.1. The fraction of sp³-hybridized carbons (Fsp3) is 0.548. The zero-order valence-corrected chi connectivity index (χ0v) is 24.1. The highest BCUT2D eigenvalue weighted by atomic mass is 16.5. The molecule has 8 nitrogen and oxygen atoms in total. The number of carbonyl (C=O) groups excluding carboxylic acids is 2. The Labute approximate surface area is 233 Å². The minimum atomic E-state index is -1.19. The van der Waals surface area contributed by atoms with Crippen molar-refractivity contribution < 1.29 is 24.2 Å². The molecule has 1 heterocycles. The fourth-order valence-electron chi connectivity index (χ4n) is 5.09. The van der Waals surface area contributed by atoms with Crippen LogP contribution in [0.15, 0.2) is 48.5 Å². The number of rotatable bonds is 14. The highest BCUT2D eigenvalue weighted by molar-refractivity contribution is 5.95. The Morgan fingerprint density at radius 1 is 1.05 bits per heavy atom. The number of amides is 2. The third-order valence-corrected chi connectivity index (χ3v) is 7.47. The third-order valence-electron chi connectivity index (χ3n) is 7.47. The lowest BCUT2D eigenvalue weighted by atomic mass is 9.93. The number of nitrogens with zero attached hydrogens (tertiary/aromatic N) is 2. The van der Waals surface area contributed by atoms with E-state index in [9.17, 15) is 14.7 Å². The van der Waals surface area contributed by atoms with Gasteiger partial charge in [0.25, 0.3) is 11.8 Å². The first-order valence-electron chi connectivity index (χ1n) is 14.0. The van der Waals surface area contributed by atoms with Gasteiger partial charge in [0.15, 0.2) is 6.10 Å². The maximum Gasteiger partial charge on any atom is 0.255 e. The Balaban J connectivity index is 1.68. The fourth-order valence-corrected chi connectivity index (χ4v) is 5.09. The molecule has 0 unspecified atom stereocenters.